The monoisotopic (exact) mass is 369 g/mol. The van der Waals surface area contributed by atoms with Crippen molar-refractivity contribution < 1.29 is 14.0 Å². The zero-order valence-electron chi connectivity index (χ0n) is 18.1. The van der Waals surface area contributed by atoms with Crippen molar-refractivity contribution in [2.24, 2.45) is 0 Å². The molecule has 0 aliphatic carbocycles. The maximum atomic E-state index is 11.8. The van der Waals surface area contributed by atoms with E-state index in [1.807, 2.05) is 4.90 Å². The standard InChI is InChI=1S/C22H45N2O2/c1-5-6-7-8-9-10-11-12-13-14-18-24(2,3)20-21(26-4)19-23-17-15-16-22(23)25/h21H,5-20H2,1-4H3/q+1. The third-order valence-corrected chi connectivity index (χ3v) is 5.74. The molecule has 1 heterocycles. The van der Waals surface area contributed by atoms with Crippen LogP contribution in [-0.4, -0.2) is 68.8 Å². The second kappa shape index (κ2) is 13.5. The Morgan fingerprint density at radius 2 is 1.58 bits per heavy atom. The highest BCUT2D eigenvalue weighted by atomic mass is 16.5. The Morgan fingerprint density at radius 1 is 1.00 bits per heavy atom. The molecule has 0 bridgehead atoms. The maximum absolute atomic E-state index is 11.8. The summed E-state index contributed by atoms with van der Waals surface area (Å²) in [6.07, 6.45) is 15.7. The summed E-state index contributed by atoms with van der Waals surface area (Å²) in [5.41, 5.74) is 0. The smallest absolute Gasteiger partial charge is 0.222 e. The number of ether oxygens (including phenoxy) is 1. The molecule has 4 heteroatoms. The van der Waals surface area contributed by atoms with E-state index in [2.05, 4.69) is 21.0 Å². The Hall–Kier alpha value is -0.610. The Balaban J connectivity index is 2.09. The van der Waals surface area contributed by atoms with Gasteiger partial charge in [-0.15, -0.1) is 0 Å². The molecule has 0 aromatic rings. The molecule has 0 radical (unpaired) electrons. The zero-order valence-corrected chi connectivity index (χ0v) is 18.1. The van der Waals surface area contributed by atoms with Gasteiger partial charge in [0.1, 0.15) is 12.6 Å². The van der Waals surface area contributed by atoms with Gasteiger partial charge < -0.3 is 14.1 Å². The minimum atomic E-state index is 0.148. The van der Waals surface area contributed by atoms with Gasteiger partial charge in [0.05, 0.1) is 27.2 Å². The molecule has 1 fully saturated rings. The van der Waals surface area contributed by atoms with Crippen molar-refractivity contribution in [3.8, 4) is 0 Å². The molecule has 0 aromatic carbocycles. The lowest BCUT2D eigenvalue weighted by Gasteiger charge is -2.34. The van der Waals surface area contributed by atoms with Gasteiger partial charge in [-0.05, 0) is 19.3 Å². The number of carbonyl (C=O) groups is 1. The first-order chi connectivity index (χ1) is 12.5. The van der Waals surface area contributed by atoms with Crippen molar-refractivity contribution in [2.45, 2.75) is 90.1 Å². The van der Waals surface area contributed by atoms with Crippen LogP contribution in [0.2, 0.25) is 0 Å². The number of rotatable bonds is 16. The van der Waals surface area contributed by atoms with E-state index in [0.717, 1.165) is 30.5 Å². The molecule has 26 heavy (non-hydrogen) atoms. The molecule has 1 amide bonds. The van der Waals surface area contributed by atoms with Crippen LogP contribution in [-0.2, 0) is 9.53 Å². The second-order valence-electron chi connectivity index (χ2n) is 8.82. The Bertz CT molecular complexity index is 371. The second-order valence-corrected chi connectivity index (χ2v) is 8.82. The molecule has 0 aromatic heterocycles. The van der Waals surface area contributed by atoms with Gasteiger partial charge in [0.2, 0.25) is 5.91 Å². The SMILES string of the molecule is CCCCCCCCCCCC[N+](C)(C)CC(CN1CCCC1=O)OC. The van der Waals surface area contributed by atoms with Crippen molar-refractivity contribution >= 4 is 5.91 Å². The van der Waals surface area contributed by atoms with Crippen LogP contribution in [0.5, 0.6) is 0 Å². The molecule has 154 valence electrons. The van der Waals surface area contributed by atoms with Gasteiger partial charge in [-0.25, -0.2) is 0 Å². The number of hydrogen-bond donors (Lipinski definition) is 0. The van der Waals surface area contributed by atoms with E-state index in [1.165, 1.54) is 70.8 Å². The number of likely N-dealkylation sites (tertiary alicyclic amines) is 1. The number of methoxy groups -OCH3 is 1. The van der Waals surface area contributed by atoms with Gasteiger partial charge in [-0.2, -0.15) is 0 Å². The van der Waals surface area contributed by atoms with Gasteiger partial charge in [-0.1, -0.05) is 58.3 Å². The molecular formula is C22H45N2O2+. The van der Waals surface area contributed by atoms with Crippen LogP contribution >= 0.6 is 0 Å². The molecule has 1 saturated heterocycles. The maximum Gasteiger partial charge on any atom is 0.222 e. The zero-order chi connectivity index (χ0) is 19.3. The lowest BCUT2D eigenvalue weighted by Crippen LogP contribution is -2.49. The Labute approximate surface area is 162 Å². The highest BCUT2D eigenvalue weighted by Gasteiger charge is 2.27. The normalized spacial score (nSPS) is 16.5. The number of hydrogen-bond acceptors (Lipinski definition) is 2. The van der Waals surface area contributed by atoms with Crippen LogP contribution in [0.1, 0.15) is 84.0 Å². The Kier molecular flexibility index (Phi) is 12.2. The van der Waals surface area contributed by atoms with Crippen LogP contribution in [0.4, 0.5) is 0 Å². The minimum Gasteiger partial charge on any atom is -0.374 e. The lowest BCUT2D eigenvalue weighted by molar-refractivity contribution is -0.893. The first kappa shape index (κ1) is 23.4. The van der Waals surface area contributed by atoms with Crippen molar-refractivity contribution in [1.29, 1.82) is 0 Å². The summed E-state index contributed by atoms with van der Waals surface area (Å²) in [7, 11) is 6.38. The number of quaternary nitrogens is 1. The quantitative estimate of drug-likeness (QED) is 0.293. The average molecular weight is 370 g/mol. The van der Waals surface area contributed by atoms with Crippen molar-refractivity contribution in [2.75, 3.05) is 47.4 Å². The topological polar surface area (TPSA) is 29.5 Å². The summed E-state index contributed by atoms with van der Waals surface area (Å²) in [5.74, 6) is 0.298. The summed E-state index contributed by atoms with van der Waals surface area (Å²) in [6, 6.07) is 0. The van der Waals surface area contributed by atoms with E-state index < -0.39 is 0 Å². The summed E-state index contributed by atoms with van der Waals surface area (Å²) in [5, 5.41) is 0. The van der Waals surface area contributed by atoms with E-state index in [9.17, 15) is 4.79 Å². The fourth-order valence-corrected chi connectivity index (χ4v) is 4.02. The molecule has 0 N–H and O–H groups in total. The molecule has 0 saturated carbocycles. The van der Waals surface area contributed by atoms with Gasteiger partial charge >= 0.3 is 0 Å². The number of carbonyl (C=O) groups excluding carboxylic acids is 1. The first-order valence-electron chi connectivity index (χ1n) is 11.1. The third-order valence-electron chi connectivity index (χ3n) is 5.74. The van der Waals surface area contributed by atoms with Gasteiger partial charge in [0.15, 0.2) is 0 Å². The van der Waals surface area contributed by atoms with E-state index >= 15 is 0 Å². The highest BCUT2D eigenvalue weighted by Crippen LogP contribution is 2.14. The summed E-state index contributed by atoms with van der Waals surface area (Å²) in [6.45, 7) is 6.13. The van der Waals surface area contributed by atoms with Gasteiger partial charge in [-0.3, -0.25) is 4.79 Å². The van der Waals surface area contributed by atoms with E-state index in [0.29, 0.717) is 12.3 Å². The first-order valence-corrected chi connectivity index (χ1v) is 11.1. The fraction of sp³-hybridized carbons (Fsp3) is 0.955. The number of likely N-dealkylation sites (N-methyl/N-ethyl adjacent to an activating group) is 1. The van der Waals surface area contributed by atoms with E-state index in [4.69, 9.17) is 4.74 Å². The summed E-state index contributed by atoms with van der Waals surface area (Å²) in [4.78, 5) is 13.8. The van der Waals surface area contributed by atoms with Crippen LogP contribution in [0.3, 0.4) is 0 Å². The van der Waals surface area contributed by atoms with E-state index in [-0.39, 0.29) is 6.10 Å². The number of unbranched alkanes of at least 4 members (excludes halogenated alkanes) is 9. The molecule has 1 unspecified atom stereocenters. The fourth-order valence-electron chi connectivity index (χ4n) is 4.02. The van der Waals surface area contributed by atoms with Crippen LogP contribution in [0.15, 0.2) is 0 Å². The highest BCUT2D eigenvalue weighted by molar-refractivity contribution is 5.78. The van der Waals surface area contributed by atoms with Crippen LogP contribution in [0, 0.1) is 0 Å². The predicted molar refractivity (Wildman–Crippen MR) is 110 cm³/mol. The van der Waals surface area contributed by atoms with Crippen molar-refractivity contribution in [3.63, 3.8) is 0 Å². The predicted octanol–water partition coefficient (Wildman–Crippen LogP) is 4.62. The molecule has 4 nitrogen and oxygen atoms in total. The molecule has 1 rings (SSSR count). The molecule has 0 spiro atoms. The number of amides is 1. The average Bonchev–Trinajstić information content (AvgIpc) is 3.00. The Morgan fingerprint density at radius 3 is 2.08 bits per heavy atom. The summed E-state index contributed by atoms with van der Waals surface area (Å²) >= 11 is 0. The molecular weight excluding hydrogens is 324 g/mol. The van der Waals surface area contributed by atoms with Crippen molar-refractivity contribution in [3.05, 3.63) is 0 Å². The summed E-state index contributed by atoms with van der Waals surface area (Å²) < 4.78 is 6.67. The third kappa shape index (κ3) is 10.5. The molecule has 1 aliphatic rings. The van der Waals surface area contributed by atoms with E-state index in [1.54, 1.807) is 7.11 Å². The molecule has 1 aliphatic heterocycles. The lowest BCUT2D eigenvalue weighted by atomic mass is 10.1. The van der Waals surface area contributed by atoms with Crippen LogP contribution in [0.25, 0.3) is 0 Å². The number of nitrogens with zero attached hydrogens (tertiary/aromatic N) is 2. The van der Waals surface area contributed by atoms with Crippen LogP contribution < -0.4 is 0 Å². The van der Waals surface area contributed by atoms with Gasteiger partial charge in [0.25, 0.3) is 0 Å². The van der Waals surface area contributed by atoms with Crippen molar-refractivity contribution in [1.82, 2.24) is 4.90 Å². The minimum absolute atomic E-state index is 0.148. The molecule has 1 atom stereocenters. The van der Waals surface area contributed by atoms with Gasteiger partial charge in [0, 0.05) is 20.1 Å². The largest absolute Gasteiger partial charge is 0.374 e.